The van der Waals surface area contributed by atoms with Gasteiger partial charge in [-0.1, -0.05) is 11.6 Å². The van der Waals surface area contributed by atoms with Gasteiger partial charge in [-0.15, -0.1) is 0 Å². The summed E-state index contributed by atoms with van der Waals surface area (Å²) in [5.41, 5.74) is 1.68. The van der Waals surface area contributed by atoms with Crippen LogP contribution < -0.4 is 24.8 Å². The number of halogens is 1. The highest BCUT2D eigenvalue weighted by atomic mass is 35.5. The molecule has 0 fully saturated rings. The van der Waals surface area contributed by atoms with Gasteiger partial charge in [0.15, 0.2) is 16.6 Å². The van der Waals surface area contributed by atoms with Gasteiger partial charge in [0.1, 0.15) is 0 Å². The monoisotopic (exact) mass is 424 g/mol. The smallest absolute Gasteiger partial charge is 0.339 e. The minimum Gasteiger partial charge on any atom is -0.493 e. The number of ether oxygens (including phenoxy) is 4. The van der Waals surface area contributed by atoms with Crippen LogP contribution in [0.2, 0.25) is 5.02 Å². The van der Waals surface area contributed by atoms with Crippen molar-refractivity contribution >= 4 is 40.6 Å². The summed E-state index contributed by atoms with van der Waals surface area (Å²) in [6.07, 6.45) is 0. The molecule has 0 saturated carbocycles. The fourth-order valence-corrected chi connectivity index (χ4v) is 2.91. The Balaban J connectivity index is 2.10. The minimum absolute atomic E-state index is 0.249. The van der Waals surface area contributed by atoms with Gasteiger partial charge in [-0.3, -0.25) is 0 Å². The highest BCUT2D eigenvalue weighted by molar-refractivity contribution is 7.80. The molecule has 0 radical (unpaired) electrons. The van der Waals surface area contributed by atoms with Crippen LogP contribution in [-0.4, -0.2) is 39.5 Å². The first kappa shape index (κ1) is 21.6. The van der Waals surface area contributed by atoms with Gasteiger partial charge in [0.25, 0.3) is 0 Å². The lowest BCUT2D eigenvalue weighted by Gasteiger charge is -2.17. The van der Waals surface area contributed by atoms with Gasteiger partial charge >= 0.3 is 5.97 Å². The second-order valence-electron chi connectivity index (χ2n) is 5.49. The molecule has 0 amide bonds. The maximum Gasteiger partial charge on any atom is 0.339 e. The maximum atomic E-state index is 11.7. The van der Waals surface area contributed by atoms with Crippen molar-refractivity contribution in [3.05, 3.63) is 46.5 Å². The van der Waals surface area contributed by atoms with E-state index in [9.17, 15) is 4.79 Å². The lowest BCUT2D eigenvalue weighted by atomic mass is 10.1. The Kier molecular flexibility index (Phi) is 7.71. The molecule has 150 valence electrons. The first-order valence-corrected chi connectivity index (χ1v) is 8.94. The lowest BCUT2D eigenvalue weighted by Crippen LogP contribution is -2.28. The molecule has 2 aromatic rings. The van der Waals surface area contributed by atoms with E-state index in [4.69, 9.17) is 42.8 Å². The molecule has 2 N–H and O–H groups in total. The molecule has 0 aromatic heterocycles. The minimum atomic E-state index is -0.525. The zero-order valence-corrected chi connectivity index (χ0v) is 17.5. The average Bonchev–Trinajstić information content (AvgIpc) is 2.71. The molecule has 0 unspecified atom stereocenters. The molecular weight excluding hydrogens is 404 g/mol. The van der Waals surface area contributed by atoms with Gasteiger partial charge in [-0.2, -0.15) is 0 Å². The molecule has 0 spiro atoms. The summed E-state index contributed by atoms with van der Waals surface area (Å²) in [5, 5.41) is 6.74. The zero-order valence-electron chi connectivity index (χ0n) is 15.9. The van der Waals surface area contributed by atoms with Crippen LogP contribution in [0.5, 0.6) is 17.2 Å². The Morgan fingerprint density at radius 1 is 1.04 bits per heavy atom. The molecule has 0 aliphatic carbocycles. The van der Waals surface area contributed by atoms with E-state index in [-0.39, 0.29) is 5.56 Å². The van der Waals surface area contributed by atoms with Gasteiger partial charge in [0.2, 0.25) is 5.75 Å². The van der Waals surface area contributed by atoms with E-state index in [1.807, 2.05) is 6.07 Å². The molecule has 0 aliphatic rings. The summed E-state index contributed by atoms with van der Waals surface area (Å²) in [5.74, 6) is 1.10. The van der Waals surface area contributed by atoms with Crippen LogP contribution in [0.4, 0.5) is 5.69 Å². The van der Waals surface area contributed by atoms with Crippen LogP contribution in [0.3, 0.4) is 0 Å². The molecule has 0 saturated heterocycles. The Labute approximate surface area is 173 Å². The van der Waals surface area contributed by atoms with Crippen LogP contribution in [-0.2, 0) is 11.3 Å². The maximum absolute atomic E-state index is 11.7. The third kappa shape index (κ3) is 4.96. The number of hydrogen-bond acceptors (Lipinski definition) is 6. The first-order chi connectivity index (χ1) is 13.4. The second kappa shape index (κ2) is 10.0. The standard InChI is InChI=1S/C19H21ClN2O5S/c1-24-15-8-5-11(16(25-2)17(15)26-3)10-21-19(28)22-12-6-7-14(20)13(9-12)18(23)27-4/h5-9H,10H2,1-4H3,(H2,21,22,28). The van der Waals surface area contributed by atoms with Gasteiger partial charge in [0, 0.05) is 17.8 Å². The number of nitrogens with one attached hydrogen (secondary N) is 2. The predicted octanol–water partition coefficient (Wildman–Crippen LogP) is 3.64. The summed E-state index contributed by atoms with van der Waals surface area (Å²) in [7, 11) is 5.95. The molecule has 7 nitrogen and oxygen atoms in total. The summed E-state index contributed by atoms with van der Waals surface area (Å²) in [6.45, 7) is 0.382. The predicted molar refractivity (Wildman–Crippen MR) is 112 cm³/mol. The Bertz CT molecular complexity index is 876. The molecule has 0 bridgehead atoms. The third-order valence-corrected chi connectivity index (χ3v) is 4.43. The van der Waals surface area contributed by atoms with Crippen molar-refractivity contribution in [3.63, 3.8) is 0 Å². The number of carbonyl (C=O) groups is 1. The molecular formula is C19H21ClN2O5S. The molecule has 9 heteroatoms. The van der Waals surface area contributed by atoms with E-state index in [0.29, 0.717) is 39.6 Å². The fourth-order valence-electron chi connectivity index (χ4n) is 2.52. The van der Waals surface area contributed by atoms with Crippen molar-refractivity contribution in [1.82, 2.24) is 5.32 Å². The fraction of sp³-hybridized carbons (Fsp3) is 0.263. The number of hydrogen-bond donors (Lipinski definition) is 2. The summed E-state index contributed by atoms with van der Waals surface area (Å²) in [6, 6.07) is 8.51. The van der Waals surface area contributed by atoms with E-state index in [1.165, 1.54) is 7.11 Å². The van der Waals surface area contributed by atoms with E-state index in [0.717, 1.165) is 5.56 Å². The van der Waals surface area contributed by atoms with Crippen molar-refractivity contribution in [3.8, 4) is 17.2 Å². The second-order valence-corrected chi connectivity index (χ2v) is 6.30. The number of methoxy groups -OCH3 is 4. The van der Waals surface area contributed by atoms with E-state index < -0.39 is 5.97 Å². The SMILES string of the molecule is COC(=O)c1cc(NC(=S)NCc2ccc(OC)c(OC)c2OC)ccc1Cl. The normalized spacial score (nSPS) is 10.0. The first-order valence-electron chi connectivity index (χ1n) is 8.15. The number of benzene rings is 2. The van der Waals surface area contributed by atoms with Crippen molar-refractivity contribution in [2.24, 2.45) is 0 Å². The van der Waals surface area contributed by atoms with Crippen molar-refractivity contribution in [1.29, 1.82) is 0 Å². The largest absolute Gasteiger partial charge is 0.493 e. The van der Waals surface area contributed by atoms with E-state index in [1.54, 1.807) is 45.6 Å². The molecule has 2 rings (SSSR count). The van der Waals surface area contributed by atoms with Gasteiger partial charge in [0.05, 0.1) is 39.0 Å². The molecule has 0 aliphatic heterocycles. The van der Waals surface area contributed by atoms with Crippen LogP contribution >= 0.6 is 23.8 Å². The highest BCUT2D eigenvalue weighted by Gasteiger charge is 2.16. The van der Waals surface area contributed by atoms with Crippen LogP contribution in [0.1, 0.15) is 15.9 Å². The Morgan fingerprint density at radius 2 is 1.75 bits per heavy atom. The number of thiocarbonyl (C=S) groups is 1. The van der Waals surface area contributed by atoms with Gasteiger partial charge < -0.3 is 29.6 Å². The molecule has 0 atom stereocenters. The average molecular weight is 425 g/mol. The van der Waals surface area contributed by atoms with Crippen molar-refractivity contribution < 1.29 is 23.7 Å². The number of rotatable bonds is 7. The zero-order chi connectivity index (χ0) is 20.7. The quantitative estimate of drug-likeness (QED) is 0.515. The number of carbonyl (C=O) groups excluding carboxylic acids is 1. The highest BCUT2D eigenvalue weighted by Crippen LogP contribution is 2.39. The summed E-state index contributed by atoms with van der Waals surface area (Å²) in [4.78, 5) is 11.7. The van der Waals surface area contributed by atoms with Crippen molar-refractivity contribution in [2.75, 3.05) is 33.8 Å². The van der Waals surface area contributed by atoms with E-state index in [2.05, 4.69) is 10.6 Å². The van der Waals surface area contributed by atoms with Crippen LogP contribution in [0.25, 0.3) is 0 Å². The Morgan fingerprint density at radius 3 is 2.36 bits per heavy atom. The Hall–Kier alpha value is -2.71. The van der Waals surface area contributed by atoms with Gasteiger partial charge in [-0.05, 0) is 42.5 Å². The molecule has 2 aromatic carbocycles. The number of esters is 1. The van der Waals surface area contributed by atoms with Crippen LogP contribution in [0, 0.1) is 0 Å². The summed E-state index contributed by atoms with van der Waals surface area (Å²) < 4.78 is 20.8. The third-order valence-electron chi connectivity index (χ3n) is 3.85. The number of anilines is 1. The molecule has 0 heterocycles. The van der Waals surface area contributed by atoms with Crippen LogP contribution in [0.15, 0.2) is 30.3 Å². The topological polar surface area (TPSA) is 78.1 Å². The van der Waals surface area contributed by atoms with Gasteiger partial charge in [-0.25, -0.2) is 4.79 Å². The lowest BCUT2D eigenvalue weighted by molar-refractivity contribution is 0.0601. The molecule has 28 heavy (non-hydrogen) atoms. The van der Waals surface area contributed by atoms with Crippen molar-refractivity contribution in [2.45, 2.75) is 6.54 Å². The van der Waals surface area contributed by atoms with E-state index >= 15 is 0 Å². The summed E-state index contributed by atoms with van der Waals surface area (Å²) >= 11 is 11.3.